The van der Waals surface area contributed by atoms with Crippen molar-refractivity contribution in [3.63, 3.8) is 0 Å². The molecule has 0 N–H and O–H groups in total. The van der Waals surface area contributed by atoms with Gasteiger partial charge in [-0.25, -0.2) is 0 Å². The lowest BCUT2D eigenvalue weighted by Crippen LogP contribution is -2.41. The predicted molar refractivity (Wildman–Crippen MR) is 131 cm³/mol. The molecule has 0 aromatic heterocycles. The van der Waals surface area contributed by atoms with Gasteiger partial charge in [-0.05, 0) is 40.7 Å². The van der Waals surface area contributed by atoms with Crippen molar-refractivity contribution in [3.05, 3.63) is 107 Å². The van der Waals surface area contributed by atoms with Crippen LogP contribution in [0.25, 0.3) is 0 Å². The molecular formula is C30H27NO4. The van der Waals surface area contributed by atoms with E-state index in [2.05, 4.69) is 24.3 Å². The average Bonchev–Trinajstić information content (AvgIpc) is 3.14. The monoisotopic (exact) mass is 465 g/mol. The first kappa shape index (κ1) is 21.8. The van der Waals surface area contributed by atoms with E-state index in [0.717, 1.165) is 5.56 Å². The van der Waals surface area contributed by atoms with Gasteiger partial charge < -0.3 is 4.74 Å². The van der Waals surface area contributed by atoms with Crippen LogP contribution in [0.2, 0.25) is 0 Å². The van der Waals surface area contributed by atoms with Crippen LogP contribution in [0.5, 0.6) is 0 Å². The Morgan fingerprint density at radius 1 is 0.686 bits per heavy atom. The minimum absolute atomic E-state index is 0.0555. The van der Waals surface area contributed by atoms with Crippen LogP contribution in [0.15, 0.2) is 78.9 Å². The third kappa shape index (κ3) is 3.57. The number of hydrogen-bond acceptors (Lipinski definition) is 4. The molecule has 176 valence electrons. The van der Waals surface area contributed by atoms with Crippen LogP contribution in [0.1, 0.15) is 52.5 Å². The molecule has 0 unspecified atom stereocenters. The molecule has 35 heavy (non-hydrogen) atoms. The van der Waals surface area contributed by atoms with Gasteiger partial charge in [0.1, 0.15) is 0 Å². The van der Waals surface area contributed by atoms with Crippen molar-refractivity contribution in [2.24, 2.45) is 11.8 Å². The van der Waals surface area contributed by atoms with Crippen molar-refractivity contribution in [2.45, 2.75) is 31.1 Å². The molecule has 1 fully saturated rings. The van der Waals surface area contributed by atoms with Gasteiger partial charge in [0, 0.05) is 18.4 Å². The average molecular weight is 466 g/mol. The summed E-state index contributed by atoms with van der Waals surface area (Å²) in [6.07, 6.45) is 1.47. The SMILES string of the molecule is O=C(Cc1ccccc1)OCCCCN1C(=O)[C@@H]2C3c4ccccc4C(c4ccccc43)[C@H]2C1=O. The predicted octanol–water partition coefficient (Wildman–Crippen LogP) is 4.44. The van der Waals surface area contributed by atoms with Crippen molar-refractivity contribution in [2.75, 3.05) is 13.2 Å². The highest BCUT2D eigenvalue weighted by molar-refractivity contribution is 6.07. The second kappa shape index (κ2) is 8.81. The molecule has 2 amide bonds. The number of amides is 2. The van der Waals surface area contributed by atoms with Gasteiger partial charge in [-0.1, -0.05) is 78.9 Å². The number of rotatable bonds is 7. The molecule has 7 rings (SSSR count). The van der Waals surface area contributed by atoms with Gasteiger partial charge in [0.15, 0.2) is 0 Å². The maximum Gasteiger partial charge on any atom is 0.310 e. The lowest BCUT2D eigenvalue weighted by molar-refractivity contribution is -0.144. The number of likely N-dealkylation sites (tertiary alicyclic amines) is 1. The maximum atomic E-state index is 13.6. The van der Waals surface area contributed by atoms with Crippen molar-refractivity contribution < 1.29 is 19.1 Å². The number of hydrogen-bond donors (Lipinski definition) is 0. The normalized spacial score (nSPS) is 23.6. The quantitative estimate of drug-likeness (QED) is 0.294. The Morgan fingerprint density at radius 3 is 1.69 bits per heavy atom. The van der Waals surface area contributed by atoms with Gasteiger partial charge in [0.05, 0.1) is 24.9 Å². The van der Waals surface area contributed by atoms with E-state index in [1.54, 1.807) is 0 Å². The molecule has 2 bridgehead atoms. The zero-order valence-corrected chi connectivity index (χ0v) is 19.4. The Labute approximate surface area is 204 Å². The van der Waals surface area contributed by atoms with Gasteiger partial charge in [-0.15, -0.1) is 0 Å². The van der Waals surface area contributed by atoms with Crippen molar-refractivity contribution >= 4 is 17.8 Å². The number of benzene rings is 3. The molecular weight excluding hydrogens is 438 g/mol. The maximum absolute atomic E-state index is 13.6. The van der Waals surface area contributed by atoms with Crippen molar-refractivity contribution in [1.82, 2.24) is 4.90 Å². The van der Waals surface area contributed by atoms with E-state index < -0.39 is 0 Å². The van der Waals surface area contributed by atoms with E-state index in [1.165, 1.54) is 27.2 Å². The summed E-state index contributed by atoms with van der Waals surface area (Å²) in [6.45, 7) is 0.657. The van der Waals surface area contributed by atoms with Crippen LogP contribution in [-0.4, -0.2) is 35.8 Å². The van der Waals surface area contributed by atoms with Crippen LogP contribution >= 0.6 is 0 Å². The largest absolute Gasteiger partial charge is 0.465 e. The molecule has 0 radical (unpaired) electrons. The molecule has 1 heterocycles. The summed E-state index contributed by atoms with van der Waals surface area (Å²) in [4.78, 5) is 40.6. The van der Waals surface area contributed by atoms with Gasteiger partial charge in [-0.2, -0.15) is 0 Å². The molecule has 3 aromatic carbocycles. The second-order valence-electron chi connectivity index (χ2n) is 9.68. The number of esters is 1. The van der Waals surface area contributed by atoms with Crippen LogP contribution in [-0.2, 0) is 25.5 Å². The summed E-state index contributed by atoms with van der Waals surface area (Å²) in [6, 6.07) is 26.0. The Hall–Kier alpha value is -3.73. The lowest BCUT2D eigenvalue weighted by Gasteiger charge is -2.45. The summed E-state index contributed by atoms with van der Waals surface area (Å²) in [5.74, 6) is -1.18. The van der Waals surface area contributed by atoms with Gasteiger partial charge >= 0.3 is 5.97 Å². The second-order valence-corrected chi connectivity index (χ2v) is 9.68. The molecule has 0 saturated carbocycles. The van der Waals surface area contributed by atoms with Crippen LogP contribution in [0, 0.1) is 11.8 Å². The first-order valence-corrected chi connectivity index (χ1v) is 12.4. The summed E-state index contributed by atoms with van der Waals surface area (Å²) in [7, 11) is 0. The zero-order valence-electron chi connectivity index (χ0n) is 19.4. The number of nitrogens with zero attached hydrogens (tertiary/aromatic N) is 1. The first-order chi connectivity index (χ1) is 17.1. The summed E-state index contributed by atoms with van der Waals surface area (Å²) >= 11 is 0. The van der Waals surface area contributed by atoms with E-state index in [1.807, 2.05) is 54.6 Å². The Morgan fingerprint density at radius 2 is 1.17 bits per heavy atom. The highest BCUT2D eigenvalue weighted by Gasteiger charge is 2.61. The first-order valence-electron chi connectivity index (χ1n) is 12.4. The molecule has 2 atom stereocenters. The van der Waals surface area contributed by atoms with E-state index in [4.69, 9.17) is 4.74 Å². The van der Waals surface area contributed by atoms with Gasteiger partial charge in [0.25, 0.3) is 0 Å². The molecule has 5 nitrogen and oxygen atoms in total. The number of imide groups is 1. The molecule has 4 aliphatic rings. The Kier molecular flexibility index (Phi) is 5.48. The third-order valence-electron chi connectivity index (χ3n) is 7.77. The van der Waals surface area contributed by atoms with E-state index >= 15 is 0 Å². The zero-order chi connectivity index (χ0) is 23.9. The van der Waals surface area contributed by atoms with Crippen LogP contribution in [0.4, 0.5) is 0 Å². The fourth-order valence-corrected chi connectivity index (χ4v) is 6.33. The number of unbranched alkanes of at least 4 members (excludes halogenated alkanes) is 1. The van der Waals surface area contributed by atoms with Crippen molar-refractivity contribution in [1.29, 1.82) is 0 Å². The molecule has 1 saturated heterocycles. The third-order valence-corrected chi connectivity index (χ3v) is 7.77. The van der Waals surface area contributed by atoms with E-state index in [0.29, 0.717) is 19.4 Å². The summed E-state index contributed by atoms with van der Waals surface area (Å²) < 4.78 is 5.36. The standard InChI is InChI=1S/C30H27NO4/c32-24(18-19-10-2-1-3-11-19)35-17-9-8-16-31-29(33)27-25-20-12-4-5-13-21(20)26(28(27)30(31)34)23-15-7-6-14-22(23)25/h1-7,10-15,25-28H,8-9,16-18H2/t25?,26?,27-,28-/m1/s1. The fourth-order valence-electron chi connectivity index (χ4n) is 6.33. The van der Waals surface area contributed by atoms with Gasteiger partial charge in [0.2, 0.25) is 11.8 Å². The van der Waals surface area contributed by atoms with E-state index in [-0.39, 0.29) is 54.5 Å². The lowest BCUT2D eigenvalue weighted by atomic mass is 9.55. The Balaban J connectivity index is 1.12. The number of ether oxygens (including phenoxy) is 1. The summed E-state index contributed by atoms with van der Waals surface area (Å²) in [5.41, 5.74) is 5.66. The van der Waals surface area contributed by atoms with E-state index in [9.17, 15) is 14.4 Å². The number of carbonyl (C=O) groups excluding carboxylic acids is 3. The van der Waals surface area contributed by atoms with Crippen LogP contribution in [0.3, 0.4) is 0 Å². The molecule has 0 spiro atoms. The smallest absolute Gasteiger partial charge is 0.310 e. The minimum Gasteiger partial charge on any atom is -0.465 e. The van der Waals surface area contributed by atoms with Crippen molar-refractivity contribution in [3.8, 4) is 0 Å². The summed E-state index contributed by atoms with van der Waals surface area (Å²) in [5, 5.41) is 0. The molecule has 3 aliphatic carbocycles. The minimum atomic E-state index is -0.332. The van der Waals surface area contributed by atoms with Crippen LogP contribution < -0.4 is 0 Å². The fraction of sp³-hybridized carbons (Fsp3) is 0.300. The molecule has 5 heteroatoms. The molecule has 1 aliphatic heterocycles. The molecule has 3 aromatic rings. The van der Waals surface area contributed by atoms with Gasteiger partial charge in [-0.3, -0.25) is 19.3 Å². The topological polar surface area (TPSA) is 63.7 Å². The number of carbonyl (C=O) groups is 3. The highest BCUT2D eigenvalue weighted by Crippen LogP contribution is 2.60. The Bertz CT molecular complexity index is 1180. The highest BCUT2D eigenvalue weighted by atomic mass is 16.5.